The van der Waals surface area contributed by atoms with Crippen molar-refractivity contribution in [1.29, 1.82) is 0 Å². The molecule has 0 saturated carbocycles. The van der Waals surface area contributed by atoms with Crippen molar-refractivity contribution in [2.24, 2.45) is 10.9 Å². The summed E-state index contributed by atoms with van der Waals surface area (Å²) in [4.78, 5) is 6.47. The van der Waals surface area contributed by atoms with Crippen molar-refractivity contribution in [3.8, 4) is 0 Å². The van der Waals surface area contributed by atoms with Crippen molar-refractivity contribution in [2.45, 2.75) is 40.7 Å². The zero-order chi connectivity index (χ0) is 14.4. The summed E-state index contributed by atoms with van der Waals surface area (Å²) in [7, 11) is 1.80. The molecule has 0 aliphatic carbocycles. The van der Waals surface area contributed by atoms with Gasteiger partial charge in [0.05, 0.1) is 0 Å². The minimum absolute atomic E-state index is 0.463. The minimum Gasteiger partial charge on any atom is -0.338 e. The molecule has 1 rings (SSSR count). The van der Waals surface area contributed by atoms with Gasteiger partial charge in [-0.05, 0) is 45.4 Å². The summed E-state index contributed by atoms with van der Waals surface area (Å²) in [6.45, 7) is 10.9. The van der Waals surface area contributed by atoms with Crippen LogP contribution in [0.4, 0.5) is 0 Å². The first kappa shape index (κ1) is 15.5. The van der Waals surface area contributed by atoms with Gasteiger partial charge in [-0.1, -0.05) is 25.2 Å². The third-order valence-corrected chi connectivity index (χ3v) is 3.77. The molecule has 2 heteroatoms. The maximum atomic E-state index is 4.07. The Morgan fingerprint density at radius 3 is 2.32 bits per heavy atom. The van der Waals surface area contributed by atoms with Crippen LogP contribution in [-0.2, 0) is 0 Å². The quantitative estimate of drug-likeness (QED) is 0.543. The van der Waals surface area contributed by atoms with Crippen LogP contribution in [0.3, 0.4) is 0 Å². The minimum atomic E-state index is 0.463. The molecular weight excluding hydrogens is 232 g/mol. The number of hydrogen-bond acceptors (Lipinski definition) is 2. The summed E-state index contributed by atoms with van der Waals surface area (Å²) in [5.74, 6) is 0.545. The zero-order valence-electron chi connectivity index (χ0n) is 13.0. The lowest BCUT2D eigenvalue weighted by Gasteiger charge is -2.27. The maximum Gasteiger partial charge on any atom is 0.0425 e. The van der Waals surface area contributed by atoms with Crippen LogP contribution in [0, 0.1) is 5.92 Å². The summed E-state index contributed by atoms with van der Waals surface area (Å²) in [5.41, 5.74) is 3.94. The number of likely N-dealkylation sites (tertiary alicyclic amines) is 1. The molecule has 1 aliphatic rings. The molecule has 104 valence electrons. The van der Waals surface area contributed by atoms with Gasteiger partial charge in [-0.3, -0.25) is 4.99 Å². The van der Waals surface area contributed by atoms with Gasteiger partial charge in [0, 0.05) is 36.6 Å². The molecule has 0 amide bonds. The molecule has 19 heavy (non-hydrogen) atoms. The lowest BCUT2D eigenvalue weighted by atomic mass is 9.98. The van der Waals surface area contributed by atoms with E-state index in [2.05, 4.69) is 68.0 Å². The lowest BCUT2D eigenvalue weighted by Crippen LogP contribution is -2.27. The van der Waals surface area contributed by atoms with Gasteiger partial charge < -0.3 is 4.90 Å². The summed E-state index contributed by atoms with van der Waals surface area (Å²) in [5, 5.41) is 0. The highest BCUT2D eigenvalue weighted by Gasteiger charge is 2.35. The van der Waals surface area contributed by atoms with Gasteiger partial charge in [-0.2, -0.15) is 0 Å². The topological polar surface area (TPSA) is 15.6 Å². The fourth-order valence-electron chi connectivity index (χ4n) is 2.70. The number of allylic oxidation sites excluding steroid dienone is 6. The predicted molar refractivity (Wildman–Crippen MR) is 85.3 cm³/mol. The molecule has 0 aromatic rings. The molecule has 2 nitrogen and oxygen atoms in total. The summed E-state index contributed by atoms with van der Waals surface area (Å²) >= 11 is 0. The molecule has 1 heterocycles. The zero-order valence-corrected chi connectivity index (χ0v) is 13.0. The Morgan fingerprint density at radius 1 is 1.16 bits per heavy atom. The normalized spacial score (nSPS) is 29.6. The average molecular weight is 258 g/mol. The van der Waals surface area contributed by atoms with E-state index >= 15 is 0 Å². The van der Waals surface area contributed by atoms with E-state index in [-0.39, 0.29) is 0 Å². The number of aliphatic imine (C=N–C) groups is 1. The molecule has 1 saturated heterocycles. The molecule has 0 spiro atoms. The second-order valence-corrected chi connectivity index (χ2v) is 4.82. The first-order valence-electron chi connectivity index (χ1n) is 6.99. The van der Waals surface area contributed by atoms with Crippen molar-refractivity contribution < 1.29 is 0 Å². The van der Waals surface area contributed by atoms with Gasteiger partial charge in [0.2, 0.25) is 0 Å². The van der Waals surface area contributed by atoms with Crippen LogP contribution in [-0.4, -0.2) is 24.2 Å². The average Bonchev–Trinajstić information content (AvgIpc) is 2.66. The number of hydrogen-bond donors (Lipinski definition) is 0. The smallest absolute Gasteiger partial charge is 0.0425 e. The number of rotatable bonds is 3. The second-order valence-electron chi connectivity index (χ2n) is 4.82. The standard InChI is InChI=1S/C17H26N2/c1-7-10-15(11-12-18-6)19-14(5)13(4)16(8-2)17(19)9-3/h7-14H,1-6H3/b10-7-,15-11+,16-8-,17-9+,18-12?. The van der Waals surface area contributed by atoms with Crippen LogP contribution < -0.4 is 0 Å². The Balaban J connectivity index is 3.29. The van der Waals surface area contributed by atoms with Gasteiger partial charge in [-0.25, -0.2) is 0 Å². The molecular formula is C17H26N2. The second kappa shape index (κ2) is 7.13. The maximum absolute atomic E-state index is 4.07. The van der Waals surface area contributed by atoms with Gasteiger partial charge >= 0.3 is 0 Å². The highest BCUT2D eigenvalue weighted by molar-refractivity contribution is 5.73. The van der Waals surface area contributed by atoms with E-state index in [4.69, 9.17) is 0 Å². The largest absolute Gasteiger partial charge is 0.338 e. The van der Waals surface area contributed by atoms with Crippen LogP contribution in [0.1, 0.15) is 34.6 Å². The highest BCUT2D eigenvalue weighted by atomic mass is 15.2. The molecule has 0 bridgehead atoms. The molecule has 0 N–H and O–H groups in total. The Morgan fingerprint density at radius 2 is 1.84 bits per heavy atom. The first-order valence-corrected chi connectivity index (χ1v) is 6.99. The van der Waals surface area contributed by atoms with E-state index in [1.54, 1.807) is 7.05 Å². The number of nitrogens with zero attached hydrogens (tertiary/aromatic N) is 2. The SMILES string of the molecule is C/C=C\C(=C/C=NC)N1C(=C/C)/C(=C\C)C(C)C1C. The van der Waals surface area contributed by atoms with E-state index in [0.717, 1.165) is 0 Å². The summed E-state index contributed by atoms with van der Waals surface area (Å²) in [6, 6.07) is 0.463. The molecule has 0 aromatic heterocycles. The Bertz CT molecular complexity index is 450. The van der Waals surface area contributed by atoms with E-state index in [1.165, 1.54) is 17.0 Å². The van der Waals surface area contributed by atoms with Gasteiger partial charge in [0.25, 0.3) is 0 Å². The molecule has 2 atom stereocenters. The van der Waals surface area contributed by atoms with Gasteiger partial charge in [-0.15, -0.1) is 0 Å². The van der Waals surface area contributed by atoms with Gasteiger partial charge in [0.15, 0.2) is 0 Å². The predicted octanol–water partition coefficient (Wildman–Crippen LogP) is 4.34. The van der Waals surface area contributed by atoms with Crippen molar-refractivity contribution in [2.75, 3.05) is 7.05 Å². The van der Waals surface area contributed by atoms with Crippen molar-refractivity contribution in [1.82, 2.24) is 4.90 Å². The van der Waals surface area contributed by atoms with Crippen molar-refractivity contribution in [3.63, 3.8) is 0 Å². The van der Waals surface area contributed by atoms with Crippen LogP contribution >= 0.6 is 0 Å². The third-order valence-electron chi connectivity index (χ3n) is 3.77. The summed E-state index contributed by atoms with van der Waals surface area (Å²) < 4.78 is 0. The third kappa shape index (κ3) is 3.06. The van der Waals surface area contributed by atoms with Gasteiger partial charge in [0.1, 0.15) is 0 Å². The Hall–Kier alpha value is -1.57. The van der Waals surface area contributed by atoms with Crippen LogP contribution in [0.25, 0.3) is 0 Å². The fraction of sp³-hybridized carbons (Fsp3) is 0.471. The lowest BCUT2D eigenvalue weighted by molar-refractivity contribution is 0.349. The molecule has 0 aromatic carbocycles. The van der Waals surface area contributed by atoms with Crippen molar-refractivity contribution >= 4 is 6.21 Å². The first-order chi connectivity index (χ1) is 9.12. The summed E-state index contributed by atoms with van der Waals surface area (Å²) in [6.07, 6.45) is 12.6. The van der Waals surface area contributed by atoms with E-state index in [0.29, 0.717) is 12.0 Å². The fourth-order valence-corrected chi connectivity index (χ4v) is 2.70. The monoisotopic (exact) mass is 258 g/mol. The molecule has 1 aliphatic heterocycles. The Kier molecular flexibility index (Phi) is 5.81. The van der Waals surface area contributed by atoms with E-state index in [9.17, 15) is 0 Å². The van der Waals surface area contributed by atoms with Crippen LogP contribution in [0.15, 0.2) is 52.3 Å². The molecule has 0 radical (unpaired) electrons. The van der Waals surface area contributed by atoms with E-state index < -0.39 is 0 Å². The van der Waals surface area contributed by atoms with Crippen molar-refractivity contribution in [3.05, 3.63) is 47.3 Å². The Labute approximate surface area is 117 Å². The highest BCUT2D eigenvalue weighted by Crippen LogP contribution is 2.40. The van der Waals surface area contributed by atoms with E-state index in [1.807, 2.05) is 13.1 Å². The van der Waals surface area contributed by atoms with Crippen LogP contribution in [0.5, 0.6) is 0 Å². The van der Waals surface area contributed by atoms with Crippen LogP contribution in [0.2, 0.25) is 0 Å². The molecule has 1 fully saturated rings. The molecule has 2 unspecified atom stereocenters.